The summed E-state index contributed by atoms with van der Waals surface area (Å²) in [5, 5.41) is 11.1. The second kappa shape index (κ2) is 4.91. The Morgan fingerprint density at radius 2 is 1.89 bits per heavy atom. The van der Waals surface area contributed by atoms with Crippen LogP contribution in [0.15, 0.2) is 16.5 Å². The first kappa shape index (κ1) is 13.8. The Morgan fingerprint density at radius 1 is 1.33 bits per heavy atom. The van der Waals surface area contributed by atoms with Gasteiger partial charge in [0, 0.05) is 6.54 Å². The van der Waals surface area contributed by atoms with Gasteiger partial charge in [-0.25, -0.2) is 4.79 Å². The summed E-state index contributed by atoms with van der Waals surface area (Å²) in [7, 11) is 0. The van der Waals surface area contributed by atoms with Gasteiger partial charge in [0.05, 0.1) is 5.41 Å². The number of carboxylic acid groups (broad SMARTS) is 1. The van der Waals surface area contributed by atoms with Crippen LogP contribution in [-0.4, -0.2) is 29.4 Å². The third-order valence-corrected chi connectivity index (χ3v) is 2.40. The number of primary amides is 1. The minimum absolute atomic E-state index is 0.0320. The van der Waals surface area contributed by atoms with Crippen molar-refractivity contribution < 1.29 is 23.9 Å². The lowest BCUT2D eigenvalue weighted by Crippen LogP contribution is -2.42. The predicted octanol–water partition coefficient (Wildman–Crippen LogP) is 0.219. The molecule has 0 bridgehead atoms. The maximum atomic E-state index is 11.6. The molecule has 0 aromatic carbocycles. The maximum Gasteiger partial charge on any atom is 0.371 e. The monoisotopic (exact) mass is 254 g/mol. The molecule has 1 aromatic heterocycles. The van der Waals surface area contributed by atoms with Crippen LogP contribution < -0.4 is 11.1 Å². The van der Waals surface area contributed by atoms with Crippen LogP contribution in [0, 0.1) is 5.41 Å². The van der Waals surface area contributed by atoms with Gasteiger partial charge in [0.15, 0.2) is 5.76 Å². The Morgan fingerprint density at radius 3 is 2.33 bits per heavy atom. The number of hydrogen-bond acceptors (Lipinski definition) is 4. The zero-order valence-electron chi connectivity index (χ0n) is 10.0. The number of amides is 2. The molecule has 0 unspecified atom stereocenters. The van der Waals surface area contributed by atoms with Crippen LogP contribution in [-0.2, 0) is 4.79 Å². The first-order valence-corrected chi connectivity index (χ1v) is 5.15. The van der Waals surface area contributed by atoms with E-state index in [-0.39, 0.29) is 18.1 Å². The summed E-state index contributed by atoms with van der Waals surface area (Å²) in [6, 6.07) is 2.42. The number of hydrogen-bond donors (Lipinski definition) is 3. The summed E-state index contributed by atoms with van der Waals surface area (Å²) < 4.78 is 4.80. The van der Waals surface area contributed by atoms with Gasteiger partial charge in [-0.1, -0.05) is 0 Å². The highest BCUT2D eigenvalue weighted by molar-refractivity contribution is 5.94. The largest absolute Gasteiger partial charge is 0.475 e. The number of carboxylic acids is 1. The van der Waals surface area contributed by atoms with E-state index in [9.17, 15) is 14.4 Å². The average Bonchev–Trinajstić information content (AvgIpc) is 2.75. The molecule has 7 heteroatoms. The fourth-order valence-electron chi connectivity index (χ4n) is 1.05. The molecule has 4 N–H and O–H groups in total. The van der Waals surface area contributed by atoms with Crippen molar-refractivity contribution in [2.24, 2.45) is 11.1 Å². The van der Waals surface area contributed by atoms with Crippen molar-refractivity contribution in [3.63, 3.8) is 0 Å². The standard InChI is InChI=1S/C11H14N2O5/c1-11(2,10(12)17)5-13-8(14)6-3-4-7(18-6)9(15)16/h3-4H,5H2,1-2H3,(H2,12,17)(H,13,14)(H,15,16). The van der Waals surface area contributed by atoms with Gasteiger partial charge < -0.3 is 20.6 Å². The van der Waals surface area contributed by atoms with Crippen molar-refractivity contribution in [3.05, 3.63) is 23.7 Å². The van der Waals surface area contributed by atoms with E-state index in [0.29, 0.717) is 0 Å². The second-order valence-electron chi connectivity index (χ2n) is 4.40. The molecule has 1 aromatic rings. The van der Waals surface area contributed by atoms with Gasteiger partial charge in [0.1, 0.15) is 0 Å². The highest BCUT2D eigenvalue weighted by Crippen LogP contribution is 2.13. The van der Waals surface area contributed by atoms with Crippen LogP contribution in [0.5, 0.6) is 0 Å². The van der Waals surface area contributed by atoms with Gasteiger partial charge in [-0.3, -0.25) is 9.59 Å². The van der Waals surface area contributed by atoms with Gasteiger partial charge >= 0.3 is 5.97 Å². The third kappa shape index (κ3) is 3.09. The molecule has 7 nitrogen and oxygen atoms in total. The Kier molecular flexibility index (Phi) is 3.75. The van der Waals surface area contributed by atoms with Crippen LogP contribution in [0.4, 0.5) is 0 Å². The number of nitrogens with one attached hydrogen (secondary N) is 1. The van der Waals surface area contributed by atoms with E-state index in [4.69, 9.17) is 15.3 Å². The minimum atomic E-state index is -1.26. The van der Waals surface area contributed by atoms with Crippen molar-refractivity contribution in [1.82, 2.24) is 5.32 Å². The third-order valence-electron chi connectivity index (χ3n) is 2.40. The molecule has 0 fully saturated rings. The van der Waals surface area contributed by atoms with E-state index in [1.54, 1.807) is 13.8 Å². The van der Waals surface area contributed by atoms with Crippen molar-refractivity contribution >= 4 is 17.8 Å². The summed E-state index contributed by atoms with van der Waals surface area (Å²) in [4.78, 5) is 33.2. The molecule has 18 heavy (non-hydrogen) atoms. The highest BCUT2D eigenvalue weighted by Gasteiger charge is 2.26. The van der Waals surface area contributed by atoms with Crippen LogP contribution in [0.1, 0.15) is 35.0 Å². The molecule has 98 valence electrons. The van der Waals surface area contributed by atoms with E-state index >= 15 is 0 Å². The lowest BCUT2D eigenvalue weighted by molar-refractivity contribution is -0.125. The lowest BCUT2D eigenvalue weighted by Gasteiger charge is -2.20. The number of aromatic carboxylic acids is 1. The van der Waals surface area contributed by atoms with Crippen LogP contribution in [0.25, 0.3) is 0 Å². The molecular weight excluding hydrogens is 240 g/mol. The number of furan rings is 1. The molecule has 1 heterocycles. The number of carbonyl (C=O) groups is 3. The first-order valence-electron chi connectivity index (χ1n) is 5.15. The molecule has 0 aliphatic heterocycles. The summed E-state index contributed by atoms with van der Waals surface area (Å²) >= 11 is 0. The Bertz CT molecular complexity index is 489. The van der Waals surface area contributed by atoms with Crippen molar-refractivity contribution in [2.45, 2.75) is 13.8 Å². The van der Waals surface area contributed by atoms with Gasteiger partial charge in [-0.15, -0.1) is 0 Å². The minimum Gasteiger partial charge on any atom is -0.475 e. The van der Waals surface area contributed by atoms with Gasteiger partial charge in [-0.05, 0) is 26.0 Å². The van der Waals surface area contributed by atoms with E-state index < -0.39 is 23.2 Å². The molecule has 2 amide bonds. The van der Waals surface area contributed by atoms with E-state index in [1.165, 1.54) is 12.1 Å². The van der Waals surface area contributed by atoms with E-state index in [0.717, 1.165) is 0 Å². The maximum absolute atomic E-state index is 11.6. The summed E-state index contributed by atoms with van der Waals surface area (Å²) in [5.41, 5.74) is 4.26. The normalized spacial score (nSPS) is 11.0. The fraction of sp³-hybridized carbons (Fsp3) is 0.364. The Labute approximate surface area is 103 Å². The molecular formula is C11H14N2O5. The zero-order chi connectivity index (χ0) is 13.9. The number of rotatable bonds is 5. The zero-order valence-corrected chi connectivity index (χ0v) is 10.0. The molecule has 1 rings (SSSR count). The second-order valence-corrected chi connectivity index (χ2v) is 4.40. The van der Waals surface area contributed by atoms with Crippen molar-refractivity contribution in [2.75, 3.05) is 6.54 Å². The van der Waals surface area contributed by atoms with E-state index in [2.05, 4.69) is 5.32 Å². The average molecular weight is 254 g/mol. The highest BCUT2D eigenvalue weighted by atomic mass is 16.4. The van der Waals surface area contributed by atoms with Gasteiger partial charge in [0.2, 0.25) is 11.7 Å². The quantitative estimate of drug-likeness (QED) is 0.693. The molecule has 0 saturated heterocycles. The molecule has 0 atom stereocenters. The van der Waals surface area contributed by atoms with E-state index in [1.807, 2.05) is 0 Å². The number of carbonyl (C=O) groups excluding carboxylic acids is 2. The molecule has 0 radical (unpaired) electrons. The molecule has 0 aliphatic rings. The predicted molar refractivity (Wildman–Crippen MR) is 61.0 cm³/mol. The summed E-state index contributed by atoms with van der Waals surface area (Å²) in [5.74, 6) is -2.86. The molecule has 0 spiro atoms. The first-order chi connectivity index (χ1) is 8.24. The SMILES string of the molecule is CC(C)(CNC(=O)c1ccc(C(=O)O)o1)C(N)=O. The number of nitrogens with two attached hydrogens (primary N) is 1. The van der Waals surface area contributed by atoms with Gasteiger partial charge in [-0.2, -0.15) is 0 Å². The van der Waals surface area contributed by atoms with Crippen molar-refractivity contribution in [1.29, 1.82) is 0 Å². The van der Waals surface area contributed by atoms with Gasteiger partial charge in [0.25, 0.3) is 5.91 Å². The summed E-state index contributed by atoms with van der Waals surface area (Å²) in [6.07, 6.45) is 0. The Balaban J connectivity index is 2.66. The van der Waals surface area contributed by atoms with Crippen LogP contribution in [0.3, 0.4) is 0 Å². The topological polar surface area (TPSA) is 123 Å². The summed E-state index contributed by atoms with van der Waals surface area (Å²) in [6.45, 7) is 3.20. The van der Waals surface area contributed by atoms with Crippen LogP contribution in [0.2, 0.25) is 0 Å². The molecule has 0 aliphatic carbocycles. The lowest BCUT2D eigenvalue weighted by atomic mass is 9.93. The van der Waals surface area contributed by atoms with Crippen LogP contribution >= 0.6 is 0 Å². The van der Waals surface area contributed by atoms with Crippen molar-refractivity contribution in [3.8, 4) is 0 Å². The fourth-order valence-corrected chi connectivity index (χ4v) is 1.05. The molecule has 0 saturated carbocycles. The smallest absolute Gasteiger partial charge is 0.371 e. The Hall–Kier alpha value is -2.31.